The fourth-order valence-electron chi connectivity index (χ4n) is 0. The second-order valence-corrected chi connectivity index (χ2v) is 0. The van der Waals surface area contributed by atoms with Gasteiger partial charge in [0.1, 0.15) is 0 Å². The molecule has 0 aromatic rings. The molecule has 1 nitrogen and oxygen atoms in total. The van der Waals surface area contributed by atoms with Crippen molar-refractivity contribution in [3.63, 3.8) is 0 Å². The molecule has 4 heavy (non-hydrogen) atoms. The monoisotopic (exact) mass is 200 g/mol. The van der Waals surface area contributed by atoms with Gasteiger partial charge in [0.2, 0.25) is 0 Å². The first-order valence-electron chi connectivity index (χ1n) is 0. The van der Waals surface area contributed by atoms with E-state index in [2.05, 4.69) is 0 Å². The van der Waals surface area contributed by atoms with Gasteiger partial charge in [0.15, 0.2) is 0 Å². The van der Waals surface area contributed by atoms with Gasteiger partial charge in [0, 0.05) is 39.6 Å². The van der Waals surface area contributed by atoms with Gasteiger partial charge in [0.05, 0.1) is 0 Å². The minimum Gasteiger partial charge on any atom is -0.344 e. The Bertz CT molecular complexity index is 8.00. The van der Waals surface area contributed by atoms with Gasteiger partial charge in [-0.2, -0.15) is 9.90 Å². The quantitative estimate of drug-likeness (QED) is 0.438. The van der Waals surface area contributed by atoms with Crippen LogP contribution in [0.2, 0.25) is 0 Å². The van der Waals surface area contributed by atoms with Crippen LogP contribution in [0, 0.1) is 0 Å². The molecule has 4 heteroatoms. The van der Waals surface area contributed by atoms with Crippen molar-refractivity contribution in [1.82, 2.24) is 6.15 Å². The second kappa shape index (κ2) is 22.6. The van der Waals surface area contributed by atoms with Crippen molar-refractivity contribution < 1.29 is 39.6 Å². The Labute approximate surface area is 55.7 Å². The summed E-state index contributed by atoms with van der Waals surface area (Å²) in [7, 11) is 0. The van der Waals surface area contributed by atoms with E-state index in [4.69, 9.17) is 0 Å². The third-order valence-electron chi connectivity index (χ3n) is 0. The molecule has 3 N–H and O–H groups in total. The Morgan fingerprint density at radius 1 is 1.00 bits per heavy atom. The maximum absolute atomic E-state index is 0. The van der Waals surface area contributed by atoms with E-state index >= 15 is 0 Å². The molecular formula is H6MoNPV. The maximum atomic E-state index is 0. The smallest absolute Gasteiger partial charge is 0 e. The molecule has 0 spiro atoms. The van der Waals surface area contributed by atoms with Crippen molar-refractivity contribution in [3.8, 4) is 0 Å². The van der Waals surface area contributed by atoms with E-state index in [1.54, 1.807) is 0 Å². The fourth-order valence-corrected chi connectivity index (χ4v) is 0. The van der Waals surface area contributed by atoms with Crippen LogP contribution in [0.15, 0.2) is 0 Å². The molecule has 0 saturated carbocycles. The molecule has 0 aromatic heterocycles. The summed E-state index contributed by atoms with van der Waals surface area (Å²) in [6.07, 6.45) is 0. The molecule has 1 atom stereocenters. The number of hydrogen-bond donors (Lipinski definition) is 1. The molecule has 1 unspecified atom stereocenters. The summed E-state index contributed by atoms with van der Waals surface area (Å²) in [6, 6.07) is 0. The molecule has 27 valence electrons. The molecule has 0 rings (SSSR count). The SMILES string of the molecule is N.P.[Mo].[V]. The van der Waals surface area contributed by atoms with Gasteiger partial charge in [-0.25, -0.2) is 0 Å². The van der Waals surface area contributed by atoms with Crippen LogP contribution in [0.5, 0.6) is 0 Å². The van der Waals surface area contributed by atoms with Gasteiger partial charge in [-0.3, -0.25) is 0 Å². The first-order valence-corrected chi connectivity index (χ1v) is 0. The molecule has 1 radical (unpaired) electrons. The largest absolute Gasteiger partial charge is 0.344 e. The standard InChI is InChI=1S/Mo.H3N.H3P.V/h;2*1H3;. The normalized spacial score (nSPS) is 0. The Balaban J connectivity index is 0. The second-order valence-electron chi connectivity index (χ2n) is 0. The third kappa shape index (κ3) is 9.39. The average Bonchev–Trinajstić information content (AvgIpc) is 0. The minimum atomic E-state index is 0. The van der Waals surface area contributed by atoms with E-state index in [-0.39, 0.29) is 55.7 Å². The summed E-state index contributed by atoms with van der Waals surface area (Å²) in [6.45, 7) is 0. The minimum absolute atomic E-state index is 0. The predicted octanol–water partition coefficient (Wildman–Crippen LogP) is 0.215. The van der Waals surface area contributed by atoms with Crippen LogP contribution in [-0.4, -0.2) is 0 Å². The summed E-state index contributed by atoms with van der Waals surface area (Å²) in [5, 5.41) is 0. The van der Waals surface area contributed by atoms with Crippen LogP contribution >= 0.6 is 9.90 Å². The molecule has 0 fully saturated rings. The van der Waals surface area contributed by atoms with Gasteiger partial charge in [0.25, 0.3) is 0 Å². The van der Waals surface area contributed by atoms with Crippen LogP contribution < -0.4 is 6.15 Å². The van der Waals surface area contributed by atoms with Gasteiger partial charge < -0.3 is 6.15 Å². The van der Waals surface area contributed by atoms with E-state index in [0.717, 1.165) is 0 Å². The maximum Gasteiger partial charge on any atom is 0 e. The van der Waals surface area contributed by atoms with Crippen molar-refractivity contribution in [2.24, 2.45) is 0 Å². The Morgan fingerprint density at radius 2 is 1.00 bits per heavy atom. The zero-order valence-electron chi connectivity index (χ0n) is 2.27. The van der Waals surface area contributed by atoms with Crippen LogP contribution in [0.3, 0.4) is 0 Å². The van der Waals surface area contributed by atoms with Gasteiger partial charge in [-0.1, -0.05) is 0 Å². The average molecular weight is 198 g/mol. The summed E-state index contributed by atoms with van der Waals surface area (Å²) in [5.41, 5.74) is 0. The zero-order chi connectivity index (χ0) is 0. The zero-order valence-corrected chi connectivity index (χ0v) is 7.09. The fraction of sp³-hybridized carbons (Fsp3) is 0. The van der Waals surface area contributed by atoms with Crippen molar-refractivity contribution in [3.05, 3.63) is 0 Å². The van der Waals surface area contributed by atoms with Crippen LogP contribution in [0.1, 0.15) is 0 Å². The van der Waals surface area contributed by atoms with Crippen LogP contribution in [0.4, 0.5) is 0 Å². The first-order chi connectivity index (χ1) is 0. The molecule has 0 aliphatic heterocycles. The van der Waals surface area contributed by atoms with Crippen molar-refractivity contribution in [2.75, 3.05) is 0 Å². The molecule has 0 aliphatic rings. The van der Waals surface area contributed by atoms with E-state index in [0.29, 0.717) is 0 Å². The van der Waals surface area contributed by atoms with E-state index in [1.165, 1.54) is 0 Å². The molecule has 0 saturated heterocycles. The van der Waals surface area contributed by atoms with E-state index < -0.39 is 0 Å². The van der Waals surface area contributed by atoms with Crippen LogP contribution in [-0.2, 0) is 39.6 Å². The summed E-state index contributed by atoms with van der Waals surface area (Å²) in [5.74, 6) is 0. The molecule has 0 aromatic carbocycles. The van der Waals surface area contributed by atoms with Gasteiger partial charge in [-0.15, -0.1) is 0 Å². The first kappa shape index (κ1) is 44.5. The predicted molar refractivity (Wildman–Crippen MR) is 16.1 cm³/mol. The molecule has 0 heterocycles. The Hall–Kier alpha value is 1.66. The molecular weight excluding hydrogens is 192 g/mol. The summed E-state index contributed by atoms with van der Waals surface area (Å²) in [4.78, 5) is 0. The van der Waals surface area contributed by atoms with Crippen molar-refractivity contribution >= 4 is 9.90 Å². The third-order valence-corrected chi connectivity index (χ3v) is 0. The van der Waals surface area contributed by atoms with Gasteiger partial charge in [-0.05, 0) is 0 Å². The topological polar surface area (TPSA) is 35.0 Å². The molecule has 0 amide bonds. The number of hydrogen-bond acceptors (Lipinski definition) is 1. The number of rotatable bonds is 0. The van der Waals surface area contributed by atoms with E-state index in [9.17, 15) is 0 Å². The summed E-state index contributed by atoms with van der Waals surface area (Å²) < 4.78 is 0. The Kier molecular flexibility index (Phi) is 252. The molecule has 0 bridgehead atoms. The molecule has 0 aliphatic carbocycles. The van der Waals surface area contributed by atoms with Crippen molar-refractivity contribution in [1.29, 1.82) is 0 Å². The van der Waals surface area contributed by atoms with Gasteiger partial charge >= 0.3 is 0 Å². The summed E-state index contributed by atoms with van der Waals surface area (Å²) >= 11 is 0. The van der Waals surface area contributed by atoms with E-state index in [1.807, 2.05) is 0 Å². The van der Waals surface area contributed by atoms with Crippen molar-refractivity contribution in [2.45, 2.75) is 0 Å². The van der Waals surface area contributed by atoms with Crippen LogP contribution in [0.25, 0.3) is 0 Å². The Morgan fingerprint density at radius 3 is 1.00 bits per heavy atom.